The van der Waals surface area contributed by atoms with Gasteiger partial charge in [-0.1, -0.05) is 28.2 Å². The fourth-order valence-electron chi connectivity index (χ4n) is 1.21. The first-order valence-electron chi connectivity index (χ1n) is 5.03. The first-order valence-corrected chi connectivity index (χ1v) is 5.84. The molecule has 0 N–H and O–H groups in total. The molecule has 0 fully saturated rings. The minimum absolute atomic E-state index is 0. The Morgan fingerprint density at radius 1 is 1.44 bits per heavy atom. The van der Waals surface area contributed by atoms with Crippen molar-refractivity contribution in [3.8, 4) is 6.07 Å². The van der Waals surface area contributed by atoms with E-state index in [-0.39, 0.29) is 12.2 Å². The van der Waals surface area contributed by atoms with Crippen molar-refractivity contribution in [3.63, 3.8) is 0 Å². The molecule has 2 nitrogen and oxygen atoms in total. The van der Waals surface area contributed by atoms with Gasteiger partial charge in [0.2, 0.25) is 0 Å². The highest BCUT2D eigenvalue weighted by molar-refractivity contribution is 8.00. The highest BCUT2D eigenvalue weighted by Crippen LogP contribution is 2.33. The van der Waals surface area contributed by atoms with E-state index in [0.717, 1.165) is 12.1 Å². The van der Waals surface area contributed by atoms with Crippen LogP contribution in [0, 0.1) is 11.3 Å². The second-order valence-corrected chi connectivity index (χ2v) is 6.19. The molecule has 0 aliphatic heterocycles. The van der Waals surface area contributed by atoms with E-state index in [0.29, 0.717) is 6.42 Å². The van der Waals surface area contributed by atoms with Crippen LogP contribution in [-0.4, -0.2) is 9.73 Å². The first-order chi connectivity index (χ1) is 7.03. The SMILES string of the molecule is C.CC(C)(C)Sc1cccnc1CCC#N. The van der Waals surface area contributed by atoms with Crippen molar-refractivity contribution in [3.05, 3.63) is 24.0 Å². The maximum atomic E-state index is 8.57. The summed E-state index contributed by atoms with van der Waals surface area (Å²) in [5, 5.41) is 8.57. The number of hydrogen-bond donors (Lipinski definition) is 0. The number of thioether (sulfide) groups is 1. The van der Waals surface area contributed by atoms with E-state index in [1.54, 1.807) is 18.0 Å². The fraction of sp³-hybridized carbons (Fsp3) is 0.538. The topological polar surface area (TPSA) is 36.7 Å². The van der Waals surface area contributed by atoms with Crippen LogP contribution >= 0.6 is 11.8 Å². The number of nitrogens with zero attached hydrogens (tertiary/aromatic N) is 2. The zero-order valence-corrected chi connectivity index (χ0v) is 10.3. The summed E-state index contributed by atoms with van der Waals surface area (Å²) in [5.41, 5.74) is 1.04. The summed E-state index contributed by atoms with van der Waals surface area (Å²) in [6, 6.07) is 6.18. The number of rotatable bonds is 3. The zero-order chi connectivity index (χ0) is 11.3. The van der Waals surface area contributed by atoms with Crippen LogP contribution in [0.3, 0.4) is 0 Å². The Labute approximate surface area is 103 Å². The number of pyridine rings is 1. The molecule has 0 aromatic carbocycles. The Kier molecular flexibility index (Phi) is 6.13. The number of aryl methyl sites for hydroxylation is 1. The van der Waals surface area contributed by atoms with Gasteiger partial charge in [0.1, 0.15) is 0 Å². The minimum Gasteiger partial charge on any atom is -0.260 e. The third-order valence-electron chi connectivity index (χ3n) is 1.74. The van der Waals surface area contributed by atoms with Crippen molar-refractivity contribution in [2.75, 3.05) is 0 Å². The monoisotopic (exact) mass is 236 g/mol. The van der Waals surface area contributed by atoms with Gasteiger partial charge in [-0.2, -0.15) is 5.26 Å². The van der Waals surface area contributed by atoms with Gasteiger partial charge in [-0.05, 0) is 12.1 Å². The summed E-state index contributed by atoms with van der Waals surface area (Å²) in [7, 11) is 0. The molecule has 0 atom stereocenters. The smallest absolute Gasteiger partial charge is 0.0625 e. The largest absolute Gasteiger partial charge is 0.260 e. The molecule has 0 aliphatic carbocycles. The van der Waals surface area contributed by atoms with E-state index in [9.17, 15) is 0 Å². The lowest BCUT2D eigenvalue weighted by molar-refractivity contribution is 0.798. The predicted molar refractivity (Wildman–Crippen MR) is 70.5 cm³/mol. The second kappa shape index (κ2) is 6.55. The van der Waals surface area contributed by atoms with Gasteiger partial charge in [-0.15, -0.1) is 11.8 Å². The second-order valence-electron chi connectivity index (χ2n) is 4.32. The van der Waals surface area contributed by atoms with Gasteiger partial charge >= 0.3 is 0 Å². The van der Waals surface area contributed by atoms with Crippen LogP contribution in [0.4, 0.5) is 0 Å². The zero-order valence-electron chi connectivity index (χ0n) is 9.45. The van der Waals surface area contributed by atoms with Gasteiger partial charge in [0, 0.05) is 28.7 Å². The van der Waals surface area contributed by atoms with Crippen molar-refractivity contribution in [1.29, 1.82) is 5.26 Å². The standard InChI is InChI=1S/C12H16N2S.CH4/c1-12(2,3)15-11-7-5-9-14-10(11)6-4-8-13;/h5,7,9H,4,6H2,1-3H3;1H4. The molecule has 1 aromatic heterocycles. The van der Waals surface area contributed by atoms with Gasteiger partial charge in [0.15, 0.2) is 0 Å². The molecule has 0 unspecified atom stereocenters. The van der Waals surface area contributed by atoms with Crippen molar-refractivity contribution in [2.24, 2.45) is 0 Å². The normalized spacial score (nSPS) is 10.4. The Morgan fingerprint density at radius 2 is 2.12 bits per heavy atom. The van der Waals surface area contributed by atoms with E-state index >= 15 is 0 Å². The lowest BCUT2D eigenvalue weighted by Crippen LogP contribution is -2.08. The molecule has 1 aromatic rings. The minimum atomic E-state index is 0. The van der Waals surface area contributed by atoms with Gasteiger partial charge in [0.25, 0.3) is 0 Å². The Morgan fingerprint density at radius 3 is 2.69 bits per heavy atom. The molecule has 16 heavy (non-hydrogen) atoms. The van der Waals surface area contributed by atoms with E-state index < -0.39 is 0 Å². The Bertz CT molecular complexity index is 361. The molecule has 0 saturated heterocycles. The van der Waals surface area contributed by atoms with Crippen molar-refractivity contribution in [2.45, 2.75) is 50.7 Å². The Hall–Kier alpha value is -1.01. The van der Waals surface area contributed by atoms with Crippen LogP contribution in [-0.2, 0) is 6.42 Å². The van der Waals surface area contributed by atoms with Gasteiger partial charge in [-0.3, -0.25) is 4.98 Å². The third-order valence-corrected chi connectivity index (χ3v) is 2.94. The third kappa shape index (κ3) is 5.18. The maximum absolute atomic E-state index is 8.57. The molecule has 3 heteroatoms. The van der Waals surface area contributed by atoms with Crippen molar-refractivity contribution < 1.29 is 0 Å². The quantitative estimate of drug-likeness (QED) is 0.742. The maximum Gasteiger partial charge on any atom is 0.0625 e. The summed E-state index contributed by atoms with van der Waals surface area (Å²) in [6.45, 7) is 6.54. The fourth-order valence-corrected chi connectivity index (χ4v) is 2.29. The highest BCUT2D eigenvalue weighted by atomic mass is 32.2. The number of hydrogen-bond acceptors (Lipinski definition) is 3. The van der Waals surface area contributed by atoms with E-state index in [1.165, 1.54) is 4.90 Å². The van der Waals surface area contributed by atoms with Crippen LogP contribution < -0.4 is 0 Å². The van der Waals surface area contributed by atoms with Crippen molar-refractivity contribution in [1.82, 2.24) is 4.98 Å². The summed E-state index contributed by atoms with van der Waals surface area (Å²) >= 11 is 1.81. The highest BCUT2D eigenvalue weighted by Gasteiger charge is 2.14. The van der Waals surface area contributed by atoms with Crippen LogP contribution in [0.1, 0.15) is 40.3 Å². The lowest BCUT2D eigenvalue weighted by Gasteiger charge is -2.18. The summed E-state index contributed by atoms with van der Waals surface area (Å²) < 4.78 is 0.185. The molecule has 0 amide bonds. The molecule has 0 saturated carbocycles. The molecule has 1 heterocycles. The van der Waals surface area contributed by atoms with Crippen LogP contribution in [0.15, 0.2) is 23.2 Å². The van der Waals surface area contributed by atoms with Crippen LogP contribution in [0.2, 0.25) is 0 Å². The summed E-state index contributed by atoms with van der Waals surface area (Å²) in [5.74, 6) is 0. The summed E-state index contributed by atoms with van der Waals surface area (Å²) in [4.78, 5) is 5.52. The summed E-state index contributed by atoms with van der Waals surface area (Å²) in [6.07, 6.45) is 3.07. The van der Waals surface area contributed by atoms with Crippen LogP contribution in [0.5, 0.6) is 0 Å². The van der Waals surface area contributed by atoms with E-state index in [1.807, 2.05) is 6.07 Å². The number of aromatic nitrogens is 1. The predicted octanol–water partition coefficient (Wildman–Crippen LogP) is 4.06. The van der Waals surface area contributed by atoms with E-state index in [2.05, 4.69) is 37.9 Å². The molecule has 0 spiro atoms. The Balaban J connectivity index is 0.00000225. The van der Waals surface area contributed by atoms with Gasteiger partial charge in [0.05, 0.1) is 11.8 Å². The van der Waals surface area contributed by atoms with Crippen LogP contribution in [0.25, 0.3) is 0 Å². The molecule has 88 valence electrons. The number of nitriles is 1. The molecule has 0 aliphatic rings. The molecule has 1 rings (SSSR count). The van der Waals surface area contributed by atoms with Gasteiger partial charge in [-0.25, -0.2) is 0 Å². The van der Waals surface area contributed by atoms with Gasteiger partial charge < -0.3 is 0 Å². The first kappa shape index (κ1) is 15.0. The molecule has 0 bridgehead atoms. The molecule has 0 radical (unpaired) electrons. The average molecular weight is 236 g/mol. The molecular formula is C13H20N2S. The van der Waals surface area contributed by atoms with E-state index in [4.69, 9.17) is 5.26 Å². The molecular weight excluding hydrogens is 216 g/mol. The lowest BCUT2D eigenvalue weighted by atomic mass is 10.2. The van der Waals surface area contributed by atoms with Crippen molar-refractivity contribution >= 4 is 11.8 Å². The average Bonchev–Trinajstić information content (AvgIpc) is 2.14.